The van der Waals surface area contributed by atoms with E-state index in [2.05, 4.69) is 4.90 Å². The summed E-state index contributed by atoms with van der Waals surface area (Å²) in [6.07, 6.45) is 6.15. The summed E-state index contributed by atoms with van der Waals surface area (Å²) in [5.74, 6) is -0.352. The van der Waals surface area contributed by atoms with Crippen LogP contribution in [0.4, 0.5) is 0 Å². The Hall–Kier alpha value is -1.10. The van der Waals surface area contributed by atoms with Crippen LogP contribution >= 0.6 is 0 Å². The summed E-state index contributed by atoms with van der Waals surface area (Å²) in [6, 6.07) is 0. The monoisotopic (exact) mass is 312 g/mol. The van der Waals surface area contributed by atoms with Gasteiger partial charge in [0.15, 0.2) is 0 Å². The van der Waals surface area contributed by atoms with E-state index in [1.165, 1.54) is 33.0 Å². The number of nitrogens with zero attached hydrogens (tertiary/aromatic N) is 2. The Morgan fingerprint density at radius 1 is 1.23 bits per heavy atom. The highest BCUT2D eigenvalue weighted by Gasteiger charge is 2.21. The molecule has 128 valence electrons. The predicted molar refractivity (Wildman–Crippen MR) is 87.6 cm³/mol. The largest absolute Gasteiger partial charge is 0.469 e. The zero-order valence-electron chi connectivity index (χ0n) is 14.5. The second-order valence-corrected chi connectivity index (χ2v) is 6.27. The summed E-state index contributed by atoms with van der Waals surface area (Å²) in [5, 5.41) is 0. The van der Waals surface area contributed by atoms with Gasteiger partial charge in [-0.1, -0.05) is 13.8 Å². The minimum absolute atomic E-state index is 0.152. The molecule has 1 aliphatic heterocycles. The fourth-order valence-corrected chi connectivity index (χ4v) is 2.94. The fourth-order valence-electron chi connectivity index (χ4n) is 2.94. The summed E-state index contributed by atoms with van der Waals surface area (Å²) in [5.41, 5.74) is 0. The van der Waals surface area contributed by atoms with Crippen molar-refractivity contribution in [3.05, 3.63) is 0 Å². The fraction of sp³-hybridized carbons (Fsp3) is 0.882. The summed E-state index contributed by atoms with van der Waals surface area (Å²) in [7, 11) is 1.40. The number of unbranched alkanes of at least 4 members (excludes halogenated alkanes) is 1. The van der Waals surface area contributed by atoms with Crippen molar-refractivity contribution in [2.24, 2.45) is 5.92 Å². The van der Waals surface area contributed by atoms with E-state index in [9.17, 15) is 9.59 Å². The van der Waals surface area contributed by atoms with Crippen molar-refractivity contribution in [2.45, 2.75) is 52.4 Å². The molecule has 5 nitrogen and oxygen atoms in total. The summed E-state index contributed by atoms with van der Waals surface area (Å²) < 4.78 is 4.76. The van der Waals surface area contributed by atoms with Crippen molar-refractivity contribution in [1.29, 1.82) is 0 Å². The molecule has 1 unspecified atom stereocenters. The van der Waals surface area contributed by atoms with Crippen LogP contribution in [0.15, 0.2) is 0 Å². The quantitative estimate of drug-likeness (QED) is 0.459. The molecule has 5 heteroatoms. The van der Waals surface area contributed by atoms with Crippen molar-refractivity contribution in [2.75, 3.05) is 39.8 Å². The second-order valence-electron chi connectivity index (χ2n) is 6.27. The van der Waals surface area contributed by atoms with Gasteiger partial charge in [0.1, 0.15) is 0 Å². The van der Waals surface area contributed by atoms with Gasteiger partial charge < -0.3 is 14.5 Å². The average molecular weight is 312 g/mol. The number of hydrogen-bond acceptors (Lipinski definition) is 4. The van der Waals surface area contributed by atoms with Gasteiger partial charge in [0.2, 0.25) is 5.91 Å². The molecule has 1 saturated heterocycles. The molecule has 1 heterocycles. The van der Waals surface area contributed by atoms with Crippen LogP contribution in [0.1, 0.15) is 52.4 Å². The number of ether oxygens (including phenoxy) is 1. The lowest BCUT2D eigenvalue weighted by Crippen LogP contribution is -2.38. The van der Waals surface area contributed by atoms with E-state index in [4.69, 9.17) is 4.74 Å². The summed E-state index contributed by atoms with van der Waals surface area (Å²) in [4.78, 5) is 28.1. The van der Waals surface area contributed by atoms with Crippen LogP contribution in [-0.2, 0) is 14.3 Å². The van der Waals surface area contributed by atoms with Crippen LogP contribution < -0.4 is 0 Å². The maximum Gasteiger partial charge on any atom is 0.310 e. The molecule has 0 aromatic carbocycles. The maximum atomic E-state index is 12.2. The molecule has 0 bridgehead atoms. The van der Waals surface area contributed by atoms with Gasteiger partial charge in [0.25, 0.3) is 0 Å². The normalized spacial score (nSPS) is 16.5. The van der Waals surface area contributed by atoms with Gasteiger partial charge in [-0.25, -0.2) is 0 Å². The van der Waals surface area contributed by atoms with Gasteiger partial charge in [-0.3, -0.25) is 9.59 Å². The highest BCUT2D eigenvalue weighted by atomic mass is 16.5. The van der Waals surface area contributed by atoms with Gasteiger partial charge in [-0.15, -0.1) is 0 Å². The molecule has 22 heavy (non-hydrogen) atoms. The Kier molecular flexibility index (Phi) is 9.13. The zero-order valence-corrected chi connectivity index (χ0v) is 14.5. The van der Waals surface area contributed by atoms with Gasteiger partial charge >= 0.3 is 5.97 Å². The number of rotatable bonds is 10. The molecule has 0 aromatic heterocycles. The maximum absolute atomic E-state index is 12.2. The van der Waals surface area contributed by atoms with E-state index in [1.807, 2.05) is 18.7 Å². The Labute approximate surface area is 135 Å². The van der Waals surface area contributed by atoms with Gasteiger partial charge in [0, 0.05) is 19.5 Å². The van der Waals surface area contributed by atoms with Crippen molar-refractivity contribution < 1.29 is 14.3 Å². The lowest BCUT2D eigenvalue weighted by atomic mass is 10.1. The van der Waals surface area contributed by atoms with Crippen LogP contribution in [0.5, 0.6) is 0 Å². The molecule has 0 saturated carbocycles. The van der Waals surface area contributed by atoms with E-state index >= 15 is 0 Å². The molecule has 0 aliphatic carbocycles. The van der Waals surface area contributed by atoms with Gasteiger partial charge in [0.05, 0.1) is 13.0 Å². The van der Waals surface area contributed by atoms with Crippen molar-refractivity contribution in [3.8, 4) is 0 Å². The lowest BCUT2D eigenvalue weighted by molar-refractivity contribution is -0.146. The number of esters is 1. The van der Waals surface area contributed by atoms with Crippen molar-refractivity contribution in [1.82, 2.24) is 9.80 Å². The van der Waals surface area contributed by atoms with Gasteiger partial charge in [-0.05, 0) is 51.7 Å². The number of methoxy groups -OCH3 is 1. The van der Waals surface area contributed by atoms with Crippen LogP contribution in [-0.4, -0.2) is 61.5 Å². The van der Waals surface area contributed by atoms with E-state index in [1.54, 1.807) is 0 Å². The third-order valence-corrected chi connectivity index (χ3v) is 4.27. The Morgan fingerprint density at radius 2 is 1.91 bits per heavy atom. The third-order valence-electron chi connectivity index (χ3n) is 4.27. The number of amides is 1. The van der Waals surface area contributed by atoms with E-state index in [0.717, 1.165) is 32.4 Å². The van der Waals surface area contributed by atoms with Crippen LogP contribution in [0, 0.1) is 5.92 Å². The third kappa shape index (κ3) is 6.77. The molecule has 0 aromatic rings. The first-order chi connectivity index (χ1) is 10.6. The minimum Gasteiger partial charge on any atom is -0.469 e. The van der Waals surface area contributed by atoms with Gasteiger partial charge in [-0.2, -0.15) is 0 Å². The first kappa shape index (κ1) is 18.9. The highest BCUT2D eigenvalue weighted by Crippen LogP contribution is 2.10. The molecule has 1 atom stereocenters. The Balaban J connectivity index is 2.36. The van der Waals surface area contributed by atoms with E-state index < -0.39 is 0 Å². The molecule has 0 spiro atoms. The number of likely N-dealkylation sites (tertiary alicyclic amines) is 1. The van der Waals surface area contributed by atoms with Crippen LogP contribution in [0.25, 0.3) is 0 Å². The molecule has 1 fully saturated rings. The molecule has 1 amide bonds. The zero-order chi connectivity index (χ0) is 16.4. The van der Waals surface area contributed by atoms with Crippen LogP contribution in [0.3, 0.4) is 0 Å². The molecule has 0 N–H and O–H groups in total. The second kappa shape index (κ2) is 10.6. The first-order valence-electron chi connectivity index (χ1n) is 8.66. The Bertz CT molecular complexity index is 341. The highest BCUT2D eigenvalue weighted by molar-refractivity contribution is 5.77. The summed E-state index contributed by atoms with van der Waals surface area (Å²) >= 11 is 0. The average Bonchev–Trinajstić information content (AvgIpc) is 3.02. The standard InChI is InChI=1S/C17H32N2O3/c1-4-9-16(20)19(14-15(2)17(21)22-3)13-8-7-12-18-10-5-6-11-18/h15H,4-14H2,1-3H3. The minimum atomic E-state index is -0.260. The van der Waals surface area contributed by atoms with E-state index in [-0.39, 0.29) is 17.8 Å². The molecular formula is C17H32N2O3. The molecule has 1 aliphatic rings. The Morgan fingerprint density at radius 3 is 2.50 bits per heavy atom. The SMILES string of the molecule is CCCC(=O)N(CCCCN1CCCC1)CC(C)C(=O)OC. The first-order valence-corrected chi connectivity index (χ1v) is 8.66. The predicted octanol–water partition coefficient (Wildman–Crippen LogP) is 2.30. The molecule has 0 radical (unpaired) electrons. The number of carbonyl (C=O) groups excluding carboxylic acids is 2. The number of carbonyl (C=O) groups is 2. The molecular weight excluding hydrogens is 280 g/mol. The topological polar surface area (TPSA) is 49.9 Å². The number of hydrogen-bond donors (Lipinski definition) is 0. The lowest BCUT2D eigenvalue weighted by Gasteiger charge is -2.25. The van der Waals surface area contributed by atoms with Crippen molar-refractivity contribution in [3.63, 3.8) is 0 Å². The van der Waals surface area contributed by atoms with E-state index in [0.29, 0.717) is 13.0 Å². The van der Waals surface area contributed by atoms with Crippen molar-refractivity contribution >= 4 is 11.9 Å². The summed E-state index contributed by atoms with van der Waals surface area (Å²) in [6.45, 7) is 8.61. The smallest absolute Gasteiger partial charge is 0.310 e. The molecule has 1 rings (SSSR count). The van der Waals surface area contributed by atoms with Crippen LogP contribution in [0.2, 0.25) is 0 Å².